The van der Waals surface area contributed by atoms with Gasteiger partial charge in [0.15, 0.2) is 5.65 Å². The third kappa shape index (κ3) is 3.93. The Morgan fingerprint density at radius 2 is 1.79 bits per heavy atom. The van der Waals surface area contributed by atoms with Gasteiger partial charge in [-0.1, -0.05) is 0 Å². The van der Waals surface area contributed by atoms with E-state index in [1.54, 1.807) is 29.1 Å². The summed E-state index contributed by atoms with van der Waals surface area (Å²) in [5.41, 5.74) is 9.66. The fourth-order valence-electron chi connectivity index (χ4n) is 4.04. The topological polar surface area (TPSA) is 121 Å². The molecule has 34 heavy (non-hydrogen) atoms. The second-order valence-electron chi connectivity index (χ2n) is 9.75. The van der Waals surface area contributed by atoms with Crippen LogP contribution < -0.4 is 11.1 Å². The van der Waals surface area contributed by atoms with E-state index in [4.69, 9.17) is 15.8 Å². The third-order valence-corrected chi connectivity index (χ3v) is 5.94. The molecule has 1 fully saturated rings. The van der Waals surface area contributed by atoms with Crippen LogP contribution in [0.15, 0.2) is 42.6 Å². The standard InChI is InChI=1S/C25H27N7O2/c1-14-21-18(13-20(15-5-6-15)28-23(21)32(29-14)25(2,3)4)24(34)27-16-7-9-17(10-8-16)31-12-11-19(30-31)22(26)33/h7-13,15H,5-6H2,1-4H3,(H2,26,33)(H,27,34). The molecule has 174 valence electrons. The van der Waals surface area contributed by atoms with Crippen LogP contribution in [-0.2, 0) is 5.54 Å². The largest absolute Gasteiger partial charge is 0.364 e. The van der Waals surface area contributed by atoms with Crippen molar-refractivity contribution in [3.63, 3.8) is 0 Å². The molecule has 1 aromatic carbocycles. The van der Waals surface area contributed by atoms with Crippen molar-refractivity contribution in [1.29, 1.82) is 0 Å². The summed E-state index contributed by atoms with van der Waals surface area (Å²) in [5.74, 6) is -0.381. The lowest BCUT2D eigenvalue weighted by Gasteiger charge is -2.20. The Labute approximate surface area is 197 Å². The minimum atomic E-state index is -0.582. The number of primary amides is 1. The molecule has 1 saturated carbocycles. The first-order chi connectivity index (χ1) is 16.1. The monoisotopic (exact) mass is 457 g/mol. The zero-order valence-electron chi connectivity index (χ0n) is 19.7. The summed E-state index contributed by atoms with van der Waals surface area (Å²) in [4.78, 5) is 29.6. The molecule has 1 aliphatic carbocycles. The number of hydrogen-bond acceptors (Lipinski definition) is 5. The molecule has 3 N–H and O–H groups in total. The van der Waals surface area contributed by atoms with Crippen LogP contribution in [0.5, 0.6) is 0 Å². The smallest absolute Gasteiger partial charge is 0.269 e. The molecule has 5 rings (SSSR count). The van der Waals surface area contributed by atoms with E-state index in [0.717, 1.165) is 41.0 Å². The van der Waals surface area contributed by atoms with Gasteiger partial charge in [0, 0.05) is 23.5 Å². The molecule has 4 aromatic rings. The van der Waals surface area contributed by atoms with E-state index in [1.807, 2.05) is 29.8 Å². The van der Waals surface area contributed by atoms with Gasteiger partial charge in [-0.3, -0.25) is 9.59 Å². The van der Waals surface area contributed by atoms with Crippen molar-refractivity contribution in [2.75, 3.05) is 5.32 Å². The van der Waals surface area contributed by atoms with E-state index < -0.39 is 5.91 Å². The van der Waals surface area contributed by atoms with Crippen LogP contribution in [0, 0.1) is 6.92 Å². The van der Waals surface area contributed by atoms with E-state index >= 15 is 0 Å². The summed E-state index contributed by atoms with van der Waals surface area (Å²) in [6.45, 7) is 8.16. The average Bonchev–Trinajstić information content (AvgIpc) is 3.41. The van der Waals surface area contributed by atoms with Gasteiger partial charge in [0.1, 0.15) is 5.69 Å². The zero-order valence-corrected chi connectivity index (χ0v) is 19.7. The Kier molecular flexibility index (Phi) is 5.00. The lowest BCUT2D eigenvalue weighted by atomic mass is 10.1. The fourth-order valence-corrected chi connectivity index (χ4v) is 4.04. The van der Waals surface area contributed by atoms with Gasteiger partial charge in [-0.05, 0) is 76.9 Å². The van der Waals surface area contributed by atoms with Gasteiger partial charge >= 0.3 is 0 Å². The average molecular weight is 458 g/mol. The number of nitrogens with one attached hydrogen (secondary N) is 1. The number of nitrogens with two attached hydrogens (primary N) is 1. The van der Waals surface area contributed by atoms with Crippen LogP contribution in [-0.4, -0.2) is 36.4 Å². The van der Waals surface area contributed by atoms with E-state index in [9.17, 15) is 9.59 Å². The number of rotatable bonds is 5. The van der Waals surface area contributed by atoms with E-state index in [1.165, 1.54) is 0 Å². The molecule has 0 unspecified atom stereocenters. The summed E-state index contributed by atoms with van der Waals surface area (Å²) >= 11 is 0. The number of nitrogens with zero attached hydrogens (tertiary/aromatic N) is 5. The van der Waals surface area contributed by atoms with E-state index in [-0.39, 0.29) is 17.1 Å². The number of carbonyl (C=O) groups is 2. The van der Waals surface area contributed by atoms with Crippen molar-refractivity contribution in [3.05, 3.63) is 65.2 Å². The highest BCUT2D eigenvalue weighted by Gasteiger charge is 2.30. The molecule has 1 aliphatic rings. The van der Waals surface area contributed by atoms with Gasteiger partial charge < -0.3 is 11.1 Å². The molecular weight excluding hydrogens is 430 g/mol. The van der Waals surface area contributed by atoms with Crippen LogP contribution in [0.4, 0.5) is 5.69 Å². The highest BCUT2D eigenvalue weighted by Crippen LogP contribution is 2.41. The van der Waals surface area contributed by atoms with Crippen molar-refractivity contribution in [2.45, 2.75) is 52.0 Å². The Morgan fingerprint density at radius 1 is 1.09 bits per heavy atom. The quantitative estimate of drug-likeness (QED) is 0.471. The molecule has 0 saturated heterocycles. The molecule has 2 amide bonds. The predicted molar refractivity (Wildman–Crippen MR) is 129 cm³/mol. The number of anilines is 1. The molecule has 9 nitrogen and oxygen atoms in total. The molecule has 0 radical (unpaired) electrons. The van der Waals surface area contributed by atoms with Crippen molar-refractivity contribution < 1.29 is 9.59 Å². The first-order valence-corrected chi connectivity index (χ1v) is 11.3. The number of amides is 2. The van der Waals surface area contributed by atoms with E-state index in [2.05, 4.69) is 31.2 Å². The minimum Gasteiger partial charge on any atom is -0.364 e. The van der Waals surface area contributed by atoms with Gasteiger partial charge in [-0.2, -0.15) is 10.2 Å². The Hall–Kier alpha value is -4.01. The summed E-state index contributed by atoms with van der Waals surface area (Å²) in [5, 5.41) is 12.7. The molecule has 0 atom stereocenters. The number of benzene rings is 1. The molecule has 9 heteroatoms. The SMILES string of the molecule is Cc1nn(C(C)(C)C)c2nc(C3CC3)cc(C(=O)Nc3ccc(-n4ccc(C(N)=O)n4)cc3)c12. The molecular formula is C25H27N7O2. The Morgan fingerprint density at radius 3 is 2.38 bits per heavy atom. The maximum atomic E-state index is 13.4. The second-order valence-corrected chi connectivity index (χ2v) is 9.75. The van der Waals surface area contributed by atoms with Gasteiger partial charge in [0.25, 0.3) is 11.8 Å². The number of aromatic nitrogens is 5. The van der Waals surface area contributed by atoms with Crippen LogP contribution in [0.1, 0.15) is 71.8 Å². The first-order valence-electron chi connectivity index (χ1n) is 11.3. The molecule has 0 aliphatic heterocycles. The maximum Gasteiger partial charge on any atom is 0.269 e. The summed E-state index contributed by atoms with van der Waals surface area (Å²) < 4.78 is 3.48. The Bertz CT molecular complexity index is 1420. The zero-order chi connectivity index (χ0) is 24.2. The van der Waals surface area contributed by atoms with Crippen LogP contribution in [0.3, 0.4) is 0 Å². The molecule has 3 heterocycles. The molecule has 0 spiro atoms. The summed E-state index contributed by atoms with van der Waals surface area (Å²) in [6.07, 6.45) is 3.85. The lowest BCUT2D eigenvalue weighted by Crippen LogP contribution is -2.23. The summed E-state index contributed by atoms with van der Waals surface area (Å²) in [6, 6.07) is 10.7. The number of carbonyl (C=O) groups excluding carboxylic acids is 2. The minimum absolute atomic E-state index is 0.191. The summed E-state index contributed by atoms with van der Waals surface area (Å²) in [7, 11) is 0. The number of pyridine rings is 1. The van der Waals surface area contributed by atoms with Gasteiger partial charge in [0.2, 0.25) is 0 Å². The van der Waals surface area contributed by atoms with Gasteiger partial charge in [0.05, 0.1) is 27.9 Å². The molecule has 0 bridgehead atoms. The normalized spacial score (nSPS) is 13.9. The van der Waals surface area contributed by atoms with Gasteiger partial charge in [-0.15, -0.1) is 0 Å². The first kappa shape index (κ1) is 21.8. The Balaban J connectivity index is 1.47. The lowest BCUT2D eigenvalue weighted by molar-refractivity contribution is 0.0993. The fraction of sp³-hybridized carbons (Fsp3) is 0.320. The van der Waals surface area contributed by atoms with Crippen molar-refractivity contribution in [2.24, 2.45) is 5.73 Å². The number of fused-ring (bicyclic) bond motifs is 1. The number of aryl methyl sites for hydroxylation is 1. The van der Waals surface area contributed by atoms with Gasteiger partial charge in [-0.25, -0.2) is 14.3 Å². The highest BCUT2D eigenvalue weighted by molar-refractivity contribution is 6.12. The van der Waals surface area contributed by atoms with Crippen molar-refractivity contribution in [1.82, 2.24) is 24.5 Å². The highest BCUT2D eigenvalue weighted by atomic mass is 16.2. The van der Waals surface area contributed by atoms with Crippen molar-refractivity contribution in [3.8, 4) is 5.69 Å². The predicted octanol–water partition coefficient (Wildman–Crippen LogP) is 3.91. The van der Waals surface area contributed by atoms with Crippen LogP contribution in [0.25, 0.3) is 16.7 Å². The molecule has 3 aromatic heterocycles. The van der Waals surface area contributed by atoms with Crippen LogP contribution in [0.2, 0.25) is 0 Å². The van der Waals surface area contributed by atoms with Crippen molar-refractivity contribution >= 4 is 28.5 Å². The third-order valence-electron chi connectivity index (χ3n) is 5.94. The maximum absolute atomic E-state index is 13.4. The van der Waals surface area contributed by atoms with Crippen LogP contribution >= 0.6 is 0 Å². The second kappa shape index (κ2) is 7.79. The van der Waals surface area contributed by atoms with E-state index in [0.29, 0.717) is 17.2 Å². The number of hydrogen-bond donors (Lipinski definition) is 2.